The van der Waals surface area contributed by atoms with Crippen molar-refractivity contribution in [2.75, 3.05) is 0 Å². The summed E-state index contributed by atoms with van der Waals surface area (Å²) in [6, 6.07) is 20.6. The molecule has 1 nitrogen and oxygen atoms in total. The van der Waals surface area contributed by atoms with Crippen LogP contribution in [0, 0.1) is 5.92 Å². The molecule has 0 aromatic heterocycles. The van der Waals surface area contributed by atoms with Gasteiger partial charge in [0.25, 0.3) is 0 Å². The van der Waals surface area contributed by atoms with Gasteiger partial charge < -0.3 is 5.11 Å². The van der Waals surface area contributed by atoms with Crippen molar-refractivity contribution in [1.82, 2.24) is 0 Å². The molecule has 0 saturated carbocycles. The number of benzene rings is 2. The minimum absolute atomic E-state index is 0.557. The molecular weight excluding hydrogens is 340 g/mol. The molecule has 2 aromatic carbocycles. The third kappa shape index (κ3) is 5.46. The van der Waals surface area contributed by atoms with E-state index in [1.165, 1.54) is 31.2 Å². The first-order valence-electron chi connectivity index (χ1n) is 9.88. The van der Waals surface area contributed by atoms with Gasteiger partial charge in [0.05, 0.1) is 0 Å². The van der Waals surface area contributed by atoms with Crippen LogP contribution in [0.5, 0.6) is 0 Å². The van der Waals surface area contributed by atoms with E-state index in [1.54, 1.807) is 0 Å². The molecule has 2 aromatic rings. The van der Waals surface area contributed by atoms with Crippen molar-refractivity contribution in [2.24, 2.45) is 5.92 Å². The molecule has 1 aliphatic rings. The van der Waals surface area contributed by atoms with Crippen molar-refractivity contribution in [3.05, 3.63) is 82.4 Å². The second-order valence-corrected chi connectivity index (χ2v) is 7.87. The zero-order valence-corrected chi connectivity index (χ0v) is 16.2. The van der Waals surface area contributed by atoms with Crippen LogP contribution in [0.3, 0.4) is 0 Å². The highest BCUT2D eigenvalue weighted by atomic mass is 35.5. The van der Waals surface area contributed by atoms with Crippen LogP contribution in [0.2, 0.25) is 0 Å². The van der Waals surface area contributed by atoms with E-state index in [4.69, 9.17) is 11.6 Å². The van der Waals surface area contributed by atoms with Gasteiger partial charge >= 0.3 is 0 Å². The lowest BCUT2D eigenvalue weighted by Crippen LogP contribution is -2.10. The van der Waals surface area contributed by atoms with Crippen LogP contribution in [0.25, 0.3) is 0 Å². The number of aliphatic hydroxyl groups is 1. The Morgan fingerprint density at radius 3 is 2.35 bits per heavy atom. The Hall–Kier alpha value is -1.57. The van der Waals surface area contributed by atoms with E-state index in [1.807, 2.05) is 30.3 Å². The largest absolute Gasteiger partial charge is 0.384 e. The molecular formula is C24H29ClO. The Morgan fingerprint density at radius 2 is 1.62 bits per heavy atom. The van der Waals surface area contributed by atoms with Gasteiger partial charge in [-0.25, -0.2) is 0 Å². The van der Waals surface area contributed by atoms with E-state index in [2.05, 4.69) is 30.3 Å². The van der Waals surface area contributed by atoms with Crippen LogP contribution in [-0.4, -0.2) is 5.11 Å². The van der Waals surface area contributed by atoms with E-state index in [0.29, 0.717) is 0 Å². The smallest absolute Gasteiger partial charge is 0.101 e. The minimum Gasteiger partial charge on any atom is -0.384 e. The summed E-state index contributed by atoms with van der Waals surface area (Å²) >= 11 is 6.62. The topological polar surface area (TPSA) is 20.2 Å². The monoisotopic (exact) mass is 368 g/mol. The molecule has 0 heterocycles. The maximum absolute atomic E-state index is 10.7. The van der Waals surface area contributed by atoms with Gasteiger partial charge in [0.2, 0.25) is 0 Å². The van der Waals surface area contributed by atoms with Gasteiger partial charge in [-0.3, -0.25) is 0 Å². The highest BCUT2D eigenvalue weighted by Crippen LogP contribution is 2.36. The van der Waals surface area contributed by atoms with E-state index < -0.39 is 6.10 Å². The van der Waals surface area contributed by atoms with Gasteiger partial charge in [0.1, 0.15) is 6.10 Å². The van der Waals surface area contributed by atoms with E-state index in [0.717, 1.165) is 47.8 Å². The molecule has 138 valence electrons. The normalized spacial score (nSPS) is 22.5. The van der Waals surface area contributed by atoms with Crippen molar-refractivity contribution in [1.29, 1.82) is 0 Å². The Kier molecular flexibility index (Phi) is 7.34. The standard InChI is InChI=1S/C24H29ClO/c25-23-18-17-20(12-7-11-19-9-3-1-4-10-19)13-8-16-22(23)24(26)21-14-5-2-6-15-21/h1-6,9-10,14-15,20,24,26H,7-8,11-13,16-18H2/b23-22-. The molecule has 0 radical (unpaired) electrons. The van der Waals surface area contributed by atoms with E-state index in [9.17, 15) is 5.11 Å². The zero-order valence-electron chi connectivity index (χ0n) is 15.4. The summed E-state index contributed by atoms with van der Waals surface area (Å²) in [4.78, 5) is 0. The summed E-state index contributed by atoms with van der Waals surface area (Å²) < 4.78 is 0. The molecule has 0 saturated heterocycles. The lowest BCUT2D eigenvalue weighted by atomic mass is 9.85. The first-order valence-corrected chi connectivity index (χ1v) is 10.3. The molecule has 0 amide bonds. The Bertz CT molecular complexity index is 693. The Balaban J connectivity index is 1.53. The molecule has 0 bridgehead atoms. The first-order chi connectivity index (χ1) is 12.7. The summed E-state index contributed by atoms with van der Waals surface area (Å²) in [5.74, 6) is 0.753. The fourth-order valence-corrected chi connectivity index (χ4v) is 4.31. The lowest BCUT2D eigenvalue weighted by Gasteiger charge is -2.24. The van der Waals surface area contributed by atoms with Crippen molar-refractivity contribution >= 4 is 11.6 Å². The fourth-order valence-electron chi connectivity index (χ4n) is 4.00. The Labute approximate surface area is 162 Å². The number of allylic oxidation sites excluding steroid dienone is 1. The summed E-state index contributed by atoms with van der Waals surface area (Å²) in [5.41, 5.74) is 3.41. The molecule has 0 fully saturated rings. The third-order valence-corrected chi connectivity index (χ3v) is 5.98. The molecule has 0 spiro atoms. The number of aryl methyl sites for hydroxylation is 1. The number of aliphatic hydroxyl groups excluding tert-OH is 1. The van der Waals surface area contributed by atoms with Gasteiger partial charge in [-0.2, -0.15) is 0 Å². The molecule has 2 unspecified atom stereocenters. The van der Waals surface area contributed by atoms with Gasteiger partial charge in [0.15, 0.2) is 0 Å². The maximum Gasteiger partial charge on any atom is 0.101 e. The Morgan fingerprint density at radius 1 is 0.923 bits per heavy atom. The summed E-state index contributed by atoms with van der Waals surface area (Å²) in [6.07, 6.45) is 8.43. The number of halogens is 1. The van der Waals surface area contributed by atoms with Crippen molar-refractivity contribution in [2.45, 2.75) is 57.5 Å². The molecule has 26 heavy (non-hydrogen) atoms. The summed E-state index contributed by atoms with van der Waals surface area (Å²) in [5, 5.41) is 11.6. The average molecular weight is 369 g/mol. The molecule has 0 aliphatic heterocycles. The average Bonchev–Trinajstić information content (AvgIpc) is 2.68. The highest BCUT2D eigenvalue weighted by Gasteiger charge is 2.21. The quantitative estimate of drug-likeness (QED) is 0.593. The van der Waals surface area contributed by atoms with E-state index >= 15 is 0 Å². The zero-order chi connectivity index (χ0) is 18.2. The lowest BCUT2D eigenvalue weighted by molar-refractivity contribution is 0.207. The molecule has 1 N–H and O–H groups in total. The van der Waals surface area contributed by atoms with Crippen LogP contribution in [-0.2, 0) is 6.42 Å². The second-order valence-electron chi connectivity index (χ2n) is 7.42. The predicted molar refractivity (Wildman–Crippen MR) is 110 cm³/mol. The van der Waals surface area contributed by atoms with Crippen LogP contribution in [0.15, 0.2) is 71.3 Å². The van der Waals surface area contributed by atoms with Gasteiger partial charge in [-0.05, 0) is 61.1 Å². The van der Waals surface area contributed by atoms with Gasteiger partial charge in [0, 0.05) is 5.03 Å². The highest BCUT2D eigenvalue weighted by molar-refractivity contribution is 6.30. The molecule has 2 heteroatoms. The summed E-state index contributed by atoms with van der Waals surface area (Å²) in [6.45, 7) is 0. The van der Waals surface area contributed by atoms with Crippen LogP contribution in [0.4, 0.5) is 0 Å². The van der Waals surface area contributed by atoms with Crippen molar-refractivity contribution in [3.63, 3.8) is 0 Å². The SMILES string of the molecule is OC(/C1=C(\Cl)CCC(CCCc2ccccc2)CCC1)c1ccccc1. The fraction of sp³-hybridized carbons (Fsp3) is 0.417. The van der Waals surface area contributed by atoms with Gasteiger partial charge in [-0.15, -0.1) is 0 Å². The predicted octanol–water partition coefficient (Wildman–Crippen LogP) is 6.82. The minimum atomic E-state index is -0.557. The van der Waals surface area contributed by atoms with Crippen molar-refractivity contribution < 1.29 is 5.11 Å². The maximum atomic E-state index is 10.7. The number of rotatable bonds is 6. The van der Waals surface area contributed by atoms with Crippen LogP contribution >= 0.6 is 11.6 Å². The van der Waals surface area contributed by atoms with Crippen LogP contribution < -0.4 is 0 Å². The molecule has 1 aliphatic carbocycles. The molecule has 3 rings (SSSR count). The molecule has 2 atom stereocenters. The van der Waals surface area contributed by atoms with Gasteiger partial charge in [-0.1, -0.05) is 85.1 Å². The third-order valence-electron chi connectivity index (χ3n) is 5.55. The van der Waals surface area contributed by atoms with E-state index in [-0.39, 0.29) is 0 Å². The number of hydrogen-bond donors (Lipinski definition) is 1. The number of hydrogen-bond acceptors (Lipinski definition) is 1. The summed E-state index contributed by atoms with van der Waals surface area (Å²) in [7, 11) is 0. The van der Waals surface area contributed by atoms with Crippen molar-refractivity contribution in [3.8, 4) is 0 Å². The second kappa shape index (κ2) is 9.94. The van der Waals surface area contributed by atoms with Crippen LogP contribution in [0.1, 0.15) is 62.2 Å². The first kappa shape index (κ1) is 19.2.